The number of sulfonamides is 1. The van der Waals surface area contributed by atoms with Crippen molar-refractivity contribution >= 4 is 33.8 Å². The van der Waals surface area contributed by atoms with Crippen molar-refractivity contribution in [1.29, 1.82) is 0 Å². The number of thioether (sulfide) groups is 1. The molecule has 3 aromatic carbocycles. The van der Waals surface area contributed by atoms with Crippen molar-refractivity contribution in [2.75, 3.05) is 19.3 Å². The Morgan fingerprint density at radius 3 is 2.17 bits per heavy atom. The summed E-state index contributed by atoms with van der Waals surface area (Å²) in [7, 11) is -3.69. The van der Waals surface area contributed by atoms with Crippen LogP contribution in [0.25, 0.3) is 11.1 Å². The van der Waals surface area contributed by atoms with Gasteiger partial charge in [-0.3, -0.25) is 4.79 Å². The maximum Gasteiger partial charge on any atom is 0.410 e. The molecule has 42 heavy (non-hydrogen) atoms. The summed E-state index contributed by atoms with van der Waals surface area (Å²) in [6.07, 6.45) is 0.180. The standard InChI is InChI=1S/C32H40N2O6S2/c1-22(2)41-29-20-26(16-17-27(29)30(36)33-42(6,38)39)24-14-12-23(13-15-24)18-19-34(31(37)40-32(3,4)5)21-28(35)25-10-8-7-9-11-25/h7-17,20,22,28,35H,18-19,21H2,1-6H3,(H,33,36)/t28-/m0/s1. The highest BCUT2D eigenvalue weighted by Crippen LogP contribution is 2.32. The van der Waals surface area contributed by atoms with Crippen LogP contribution in [0.15, 0.2) is 77.7 Å². The van der Waals surface area contributed by atoms with Gasteiger partial charge in [0.15, 0.2) is 0 Å². The van der Waals surface area contributed by atoms with Crippen LogP contribution in [0.2, 0.25) is 0 Å². The maximum absolute atomic E-state index is 13.0. The van der Waals surface area contributed by atoms with Gasteiger partial charge < -0.3 is 14.7 Å². The fraction of sp³-hybridized carbons (Fsp3) is 0.375. The van der Waals surface area contributed by atoms with Gasteiger partial charge in [-0.15, -0.1) is 11.8 Å². The van der Waals surface area contributed by atoms with Crippen LogP contribution in [-0.4, -0.2) is 60.6 Å². The summed E-state index contributed by atoms with van der Waals surface area (Å²) < 4.78 is 30.9. The molecule has 0 saturated heterocycles. The Morgan fingerprint density at radius 2 is 1.60 bits per heavy atom. The Labute approximate surface area is 253 Å². The summed E-state index contributed by atoms with van der Waals surface area (Å²) >= 11 is 1.49. The number of benzene rings is 3. The molecule has 2 N–H and O–H groups in total. The molecule has 1 atom stereocenters. The van der Waals surface area contributed by atoms with Crippen molar-refractivity contribution in [3.63, 3.8) is 0 Å². The zero-order chi connectivity index (χ0) is 31.1. The fourth-order valence-corrected chi connectivity index (χ4v) is 5.60. The van der Waals surface area contributed by atoms with E-state index in [-0.39, 0.29) is 11.8 Å². The number of amides is 2. The van der Waals surface area contributed by atoms with Crippen LogP contribution in [0.3, 0.4) is 0 Å². The second-order valence-electron chi connectivity index (χ2n) is 11.4. The molecule has 226 valence electrons. The predicted molar refractivity (Wildman–Crippen MR) is 168 cm³/mol. The number of nitrogens with zero attached hydrogens (tertiary/aromatic N) is 1. The third kappa shape index (κ3) is 10.5. The monoisotopic (exact) mass is 612 g/mol. The first-order chi connectivity index (χ1) is 19.6. The highest BCUT2D eigenvalue weighted by atomic mass is 32.2. The Hall–Kier alpha value is -3.34. The minimum atomic E-state index is -3.69. The highest BCUT2D eigenvalue weighted by Gasteiger charge is 2.24. The molecule has 0 spiro atoms. The van der Waals surface area contributed by atoms with E-state index in [9.17, 15) is 23.1 Å². The van der Waals surface area contributed by atoms with Crippen LogP contribution in [0.1, 0.15) is 62.2 Å². The maximum atomic E-state index is 13.0. The van der Waals surface area contributed by atoms with Gasteiger partial charge in [-0.1, -0.05) is 74.5 Å². The van der Waals surface area contributed by atoms with Crippen LogP contribution < -0.4 is 4.72 Å². The van der Waals surface area contributed by atoms with E-state index in [0.29, 0.717) is 23.4 Å². The van der Waals surface area contributed by atoms with E-state index in [1.807, 2.05) is 100 Å². The third-order valence-corrected chi connectivity index (χ3v) is 7.67. The lowest BCUT2D eigenvalue weighted by atomic mass is 10.0. The Morgan fingerprint density at radius 1 is 0.976 bits per heavy atom. The van der Waals surface area contributed by atoms with Crippen LogP contribution in [0, 0.1) is 0 Å². The number of nitrogens with one attached hydrogen (secondary N) is 1. The smallest absolute Gasteiger partial charge is 0.410 e. The average molecular weight is 613 g/mol. The fourth-order valence-electron chi connectivity index (χ4n) is 4.17. The molecule has 0 unspecified atom stereocenters. The predicted octanol–water partition coefficient (Wildman–Crippen LogP) is 6.06. The van der Waals surface area contributed by atoms with Crippen molar-refractivity contribution in [3.05, 3.63) is 89.5 Å². The number of aliphatic hydroxyl groups excluding tert-OH is 1. The molecule has 0 radical (unpaired) electrons. The SMILES string of the molecule is CC(C)Sc1cc(-c2ccc(CCN(C[C@H](O)c3ccccc3)C(=O)OC(C)(C)C)cc2)ccc1C(=O)NS(C)(=O)=O. The first-order valence-electron chi connectivity index (χ1n) is 13.7. The molecule has 8 nitrogen and oxygen atoms in total. The number of rotatable bonds is 11. The van der Waals surface area contributed by atoms with Gasteiger partial charge in [0.1, 0.15) is 5.60 Å². The first-order valence-corrected chi connectivity index (χ1v) is 16.5. The van der Waals surface area contributed by atoms with Gasteiger partial charge in [0.2, 0.25) is 10.0 Å². The Bertz CT molecular complexity index is 1470. The lowest BCUT2D eigenvalue weighted by Crippen LogP contribution is -2.40. The Balaban J connectivity index is 1.77. The number of carbonyl (C=O) groups is 2. The number of ether oxygens (including phenoxy) is 1. The van der Waals surface area contributed by atoms with E-state index < -0.39 is 33.7 Å². The van der Waals surface area contributed by atoms with Gasteiger partial charge in [-0.25, -0.2) is 17.9 Å². The minimum Gasteiger partial charge on any atom is -0.444 e. The van der Waals surface area contributed by atoms with Crippen LogP contribution in [-0.2, 0) is 21.2 Å². The van der Waals surface area contributed by atoms with Gasteiger partial charge >= 0.3 is 6.09 Å². The van der Waals surface area contributed by atoms with E-state index in [2.05, 4.69) is 0 Å². The number of hydrogen-bond donors (Lipinski definition) is 2. The van der Waals surface area contributed by atoms with E-state index in [0.717, 1.165) is 28.5 Å². The summed E-state index contributed by atoms with van der Waals surface area (Å²) in [5.41, 5.74) is 3.19. The Kier molecular flexibility index (Phi) is 11.2. The number of hydrogen-bond acceptors (Lipinski definition) is 7. The molecule has 3 aromatic rings. The topological polar surface area (TPSA) is 113 Å². The summed E-state index contributed by atoms with van der Waals surface area (Å²) in [4.78, 5) is 27.8. The summed E-state index contributed by atoms with van der Waals surface area (Å²) in [6.45, 7) is 9.90. The van der Waals surface area contributed by atoms with E-state index >= 15 is 0 Å². The lowest BCUT2D eigenvalue weighted by molar-refractivity contribution is 0.0147. The molecule has 0 saturated carbocycles. The van der Waals surface area contributed by atoms with Gasteiger partial charge in [0.05, 0.1) is 24.5 Å². The molecule has 0 heterocycles. The third-order valence-electron chi connectivity index (χ3n) is 6.05. The minimum absolute atomic E-state index is 0.104. The van der Waals surface area contributed by atoms with Crippen LogP contribution >= 0.6 is 11.8 Å². The molecule has 10 heteroatoms. The molecule has 0 fully saturated rings. The van der Waals surface area contributed by atoms with E-state index in [1.54, 1.807) is 12.1 Å². The van der Waals surface area contributed by atoms with Gasteiger partial charge in [-0.2, -0.15) is 0 Å². The first kappa shape index (κ1) is 33.2. The highest BCUT2D eigenvalue weighted by molar-refractivity contribution is 8.00. The average Bonchev–Trinajstić information content (AvgIpc) is 2.89. The molecular formula is C32H40N2O6S2. The van der Waals surface area contributed by atoms with Crippen molar-refractivity contribution < 1.29 is 27.9 Å². The number of aliphatic hydroxyl groups is 1. The van der Waals surface area contributed by atoms with Gasteiger partial charge in [0, 0.05) is 16.7 Å². The lowest BCUT2D eigenvalue weighted by Gasteiger charge is -2.29. The molecule has 0 aliphatic heterocycles. The summed E-state index contributed by atoms with van der Waals surface area (Å²) in [5, 5.41) is 11.0. The zero-order valence-electron chi connectivity index (χ0n) is 25.0. The molecule has 2 amide bonds. The molecular weight excluding hydrogens is 572 g/mol. The van der Waals surface area contributed by atoms with Crippen molar-refractivity contribution in [2.24, 2.45) is 0 Å². The van der Waals surface area contributed by atoms with Crippen molar-refractivity contribution in [2.45, 2.75) is 62.9 Å². The quantitative estimate of drug-likeness (QED) is 0.253. The number of carbonyl (C=O) groups excluding carboxylic acids is 2. The second kappa shape index (κ2) is 14.2. The molecule has 0 aromatic heterocycles. The van der Waals surface area contributed by atoms with Crippen molar-refractivity contribution in [3.8, 4) is 11.1 Å². The molecule has 3 rings (SSSR count). The molecule has 0 bridgehead atoms. The van der Waals surface area contributed by atoms with E-state index in [1.165, 1.54) is 16.7 Å². The second-order valence-corrected chi connectivity index (χ2v) is 14.7. The molecule has 0 aliphatic rings. The normalized spacial score (nSPS) is 12.6. The van der Waals surface area contributed by atoms with Crippen LogP contribution in [0.5, 0.6) is 0 Å². The molecule has 0 aliphatic carbocycles. The van der Waals surface area contributed by atoms with Gasteiger partial charge in [-0.05, 0) is 61.6 Å². The van der Waals surface area contributed by atoms with Crippen LogP contribution in [0.4, 0.5) is 4.79 Å². The summed E-state index contributed by atoms with van der Waals surface area (Å²) in [5.74, 6) is -0.658. The van der Waals surface area contributed by atoms with Gasteiger partial charge in [0.25, 0.3) is 5.91 Å². The van der Waals surface area contributed by atoms with Crippen molar-refractivity contribution in [1.82, 2.24) is 9.62 Å². The summed E-state index contributed by atoms with van der Waals surface area (Å²) in [6, 6.07) is 22.5. The van der Waals surface area contributed by atoms with E-state index in [4.69, 9.17) is 4.74 Å². The largest absolute Gasteiger partial charge is 0.444 e. The zero-order valence-corrected chi connectivity index (χ0v) is 26.6.